The second kappa shape index (κ2) is 11.0. The van der Waals surface area contributed by atoms with E-state index in [1.807, 2.05) is 37.3 Å². The standard InChI is InChI=1S/C31H32F3N3O/c1-21-7-9-23(10-8-21)24-11-13-37(14-12-24)15-16-38-27-19-25(31(32,33)34)18-26(20-27)36-30-17-22(2)35-29-6-4-3-5-28(29)30/h3-10,17-20,24H,11-16H2,1-2H3,(H,35,36). The van der Waals surface area contributed by atoms with Crippen molar-refractivity contribution in [1.29, 1.82) is 0 Å². The van der Waals surface area contributed by atoms with Crippen molar-refractivity contribution in [2.45, 2.75) is 38.8 Å². The van der Waals surface area contributed by atoms with Gasteiger partial charge in [-0.15, -0.1) is 0 Å². The number of anilines is 2. The summed E-state index contributed by atoms with van der Waals surface area (Å²) in [4.78, 5) is 6.84. The summed E-state index contributed by atoms with van der Waals surface area (Å²) in [7, 11) is 0. The average molecular weight is 520 g/mol. The molecule has 4 nitrogen and oxygen atoms in total. The van der Waals surface area contributed by atoms with Crippen molar-refractivity contribution in [3.63, 3.8) is 0 Å². The van der Waals surface area contributed by atoms with Gasteiger partial charge in [-0.25, -0.2) is 0 Å². The zero-order chi connectivity index (χ0) is 26.7. The number of piperidine rings is 1. The highest BCUT2D eigenvalue weighted by molar-refractivity contribution is 5.93. The van der Waals surface area contributed by atoms with Crippen LogP contribution in [0.15, 0.2) is 72.8 Å². The van der Waals surface area contributed by atoms with Gasteiger partial charge >= 0.3 is 6.18 Å². The lowest BCUT2D eigenvalue weighted by Crippen LogP contribution is -2.35. The lowest BCUT2D eigenvalue weighted by Gasteiger charge is -2.32. The Morgan fingerprint density at radius 2 is 1.68 bits per heavy atom. The number of likely N-dealkylation sites (tertiary alicyclic amines) is 1. The topological polar surface area (TPSA) is 37.4 Å². The molecule has 0 bridgehead atoms. The number of halogens is 3. The van der Waals surface area contributed by atoms with Gasteiger partial charge in [-0.3, -0.25) is 9.88 Å². The Balaban J connectivity index is 1.25. The monoisotopic (exact) mass is 519 g/mol. The fraction of sp³-hybridized carbons (Fsp3) is 0.323. The number of para-hydroxylation sites is 1. The first-order chi connectivity index (χ1) is 18.2. The Morgan fingerprint density at radius 1 is 0.947 bits per heavy atom. The lowest BCUT2D eigenvalue weighted by atomic mass is 9.89. The molecule has 1 N–H and O–H groups in total. The number of pyridine rings is 1. The predicted molar refractivity (Wildman–Crippen MR) is 146 cm³/mol. The van der Waals surface area contributed by atoms with Crippen molar-refractivity contribution in [1.82, 2.24) is 9.88 Å². The number of nitrogens with one attached hydrogen (secondary N) is 1. The van der Waals surface area contributed by atoms with Gasteiger partial charge in [-0.1, -0.05) is 48.0 Å². The van der Waals surface area contributed by atoms with Crippen molar-refractivity contribution < 1.29 is 17.9 Å². The molecule has 0 saturated carbocycles. The third-order valence-electron chi connectivity index (χ3n) is 7.17. The van der Waals surface area contributed by atoms with Gasteiger partial charge in [-0.05, 0) is 75.5 Å². The number of fused-ring (bicyclic) bond motifs is 1. The van der Waals surface area contributed by atoms with Crippen molar-refractivity contribution in [3.05, 3.63) is 95.2 Å². The quantitative estimate of drug-likeness (QED) is 0.270. The summed E-state index contributed by atoms with van der Waals surface area (Å²) in [6.45, 7) is 6.86. The molecule has 0 amide bonds. The van der Waals surface area contributed by atoms with Crippen molar-refractivity contribution >= 4 is 22.3 Å². The molecule has 1 aliphatic heterocycles. The number of alkyl halides is 3. The molecule has 1 aromatic heterocycles. The normalized spacial score (nSPS) is 15.1. The fourth-order valence-electron chi connectivity index (χ4n) is 5.11. The molecule has 4 aromatic rings. The van der Waals surface area contributed by atoms with E-state index in [1.54, 1.807) is 6.07 Å². The largest absolute Gasteiger partial charge is 0.492 e. The molecule has 2 heterocycles. The molecule has 0 atom stereocenters. The lowest BCUT2D eigenvalue weighted by molar-refractivity contribution is -0.137. The van der Waals surface area contributed by atoms with E-state index in [-0.39, 0.29) is 5.75 Å². The predicted octanol–water partition coefficient (Wildman–Crippen LogP) is 7.87. The van der Waals surface area contributed by atoms with Crippen molar-refractivity contribution in [2.24, 2.45) is 0 Å². The summed E-state index contributed by atoms with van der Waals surface area (Å²) in [5.41, 5.74) is 4.49. The summed E-state index contributed by atoms with van der Waals surface area (Å²) in [6.07, 6.45) is -2.34. The van der Waals surface area contributed by atoms with Crippen LogP contribution in [0, 0.1) is 13.8 Å². The summed E-state index contributed by atoms with van der Waals surface area (Å²) in [5.74, 6) is 0.754. The summed E-state index contributed by atoms with van der Waals surface area (Å²) in [5, 5.41) is 4.01. The number of ether oxygens (including phenoxy) is 1. The van der Waals surface area contributed by atoms with E-state index in [4.69, 9.17) is 4.74 Å². The number of hydrogen-bond donors (Lipinski definition) is 1. The number of aromatic nitrogens is 1. The molecule has 5 rings (SSSR count). The van der Waals surface area contributed by atoms with E-state index in [0.717, 1.165) is 54.7 Å². The second-order valence-corrected chi connectivity index (χ2v) is 10.1. The highest BCUT2D eigenvalue weighted by Gasteiger charge is 2.31. The van der Waals surface area contributed by atoms with Crippen LogP contribution in [-0.2, 0) is 6.18 Å². The van der Waals surface area contributed by atoms with Crippen LogP contribution in [0.2, 0.25) is 0 Å². The van der Waals surface area contributed by atoms with Gasteiger partial charge in [0.25, 0.3) is 0 Å². The summed E-state index contributed by atoms with van der Waals surface area (Å²) in [6, 6.07) is 22.0. The number of benzene rings is 3. The number of rotatable bonds is 7. The fourth-order valence-corrected chi connectivity index (χ4v) is 5.11. The Kier molecular flexibility index (Phi) is 7.56. The van der Waals surface area contributed by atoms with Gasteiger partial charge in [0.05, 0.1) is 11.1 Å². The maximum absolute atomic E-state index is 13.7. The van der Waals surface area contributed by atoms with E-state index in [9.17, 15) is 13.2 Å². The van der Waals surface area contributed by atoms with Gasteiger partial charge in [-0.2, -0.15) is 13.2 Å². The maximum Gasteiger partial charge on any atom is 0.416 e. The zero-order valence-corrected chi connectivity index (χ0v) is 21.7. The molecule has 0 unspecified atom stereocenters. The molecule has 1 aliphatic rings. The van der Waals surface area contributed by atoms with E-state index < -0.39 is 11.7 Å². The minimum Gasteiger partial charge on any atom is -0.492 e. The van der Waals surface area contributed by atoms with Gasteiger partial charge in [0.1, 0.15) is 12.4 Å². The van der Waals surface area contributed by atoms with Crippen LogP contribution in [0.5, 0.6) is 5.75 Å². The first-order valence-corrected chi connectivity index (χ1v) is 13.0. The molecule has 1 fully saturated rings. The highest BCUT2D eigenvalue weighted by atomic mass is 19.4. The van der Waals surface area contributed by atoms with Gasteiger partial charge in [0, 0.05) is 35.1 Å². The minimum absolute atomic E-state index is 0.201. The van der Waals surface area contributed by atoms with Gasteiger partial charge in [0.15, 0.2) is 0 Å². The van der Waals surface area contributed by atoms with Crippen LogP contribution in [0.3, 0.4) is 0 Å². The third-order valence-corrected chi connectivity index (χ3v) is 7.17. The molecular formula is C31H32F3N3O. The molecule has 7 heteroatoms. The van der Waals surface area contributed by atoms with Crippen LogP contribution in [0.4, 0.5) is 24.5 Å². The van der Waals surface area contributed by atoms with E-state index in [1.165, 1.54) is 11.1 Å². The van der Waals surface area contributed by atoms with Crippen LogP contribution < -0.4 is 10.1 Å². The Morgan fingerprint density at radius 3 is 2.42 bits per heavy atom. The zero-order valence-electron chi connectivity index (χ0n) is 21.7. The highest BCUT2D eigenvalue weighted by Crippen LogP contribution is 2.36. The first kappa shape index (κ1) is 26.0. The van der Waals surface area contributed by atoms with Crippen LogP contribution in [0.1, 0.15) is 41.1 Å². The maximum atomic E-state index is 13.7. The summed E-state index contributed by atoms with van der Waals surface area (Å²) >= 11 is 0. The molecule has 198 valence electrons. The van der Waals surface area contributed by atoms with E-state index in [0.29, 0.717) is 30.4 Å². The minimum atomic E-state index is -4.48. The van der Waals surface area contributed by atoms with Crippen LogP contribution in [-0.4, -0.2) is 36.1 Å². The van der Waals surface area contributed by atoms with E-state index in [2.05, 4.69) is 46.4 Å². The molecular weight excluding hydrogens is 487 g/mol. The first-order valence-electron chi connectivity index (χ1n) is 13.0. The van der Waals surface area contributed by atoms with Crippen molar-refractivity contribution in [3.8, 4) is 5.75 Å². The Hall–Kier alpha value is -3.58. The molecule has 0 spiro atoms. The molecule has 3 aromatic carbocycles. The molecule has 38 heavy (non-hydrogen) atoms. The third kappa shape index (κ3) is 6.27. The van der Waals surface area contributed by atoms with Crippen LogP contribution in [0.25, 0.3) is 10.9 Å². The average Bonchev–Trinajstić information content (AvgIpc) is 2.89. The van der Waals surface area contributed by atoms with E-state index >= 15 is 0 Å². The second-order valence-electron chi connectivity index (χ2n) is 10.1. The molecule has 0 radical (unpaired) electrons. The number of hydrogen-bond acceptors (Lipinski definition) is 4. The Bertz CT molecular complexity index is 1390. The number of aryl methyl sites for hydroxylation is 2. The molecule has 0 aliphatic carbocycles. The van der Waals surface area contributed by atoms with Gasteiger partial charge < -0.3 is 10.1 Å². The molecule has 1 saturated heterocycles. The SMILES string of the molecule is Cc1ccc(C2CCN(CCOc3cc(Nc4cc(C)nc5ccccc45)cc(C(F)(F)F)c3)CC2)cc1. The summed E-state index contributed by atoms with van der Waals surface area (Å²) < 4.78 is 47.0. The van der Waals surface area contributed by atoms with Crippen LogP contribution >= 0.6 is 0 Å². The Labute approximate surface area is 221 Å². The number of nitrogens with zero attached hydrogens (tertiary/aromatic N) is 2. The van der Waals surface area contributed by atoms with Crippen molar-refractivity contribution in [2.75, 3.05) is 31.6 Å². The van der Waals surface area contributed by atoms with Gasteiger partial charge in [0.2, 0.25) is 0 Å². The smallest absolute Gasteiger partial charge is 0.416 e.